The van der Waals surface area contributed by atoms with Crippen LogP contribution >= 0.6 is 0 Å². The highest BCUT2D eigenvalue weighted by atomic mass is 16.5. The van der Waals surface area contributed by atoms with Gasteiger partial charge in [0.25, 0.3) is 0 Å². The number of rotatable bonds is 2. The minimum atomic E-state index is 0.264. The lowest BCUT2D eigenvalue weighted by Crippen LogP contribution is -2.58. The molecule has 2 nitrogen and oxygen atoms in total. The lowest BCUT2D eigenvalue weighted by Gasteiger charge is -2.61. The molecule has 150 valence electrons. The van der Waals surface area contributed by atoms with Crippen LogP contribution in [0.15, 0.2) is 0 Å². The third kappa shape index (κ3) is 2.05. The van der Waals surface area contributed by atoms with Crippen molar-refractivity contribution in [3.05, 3.63) is 0 Å². The summed E-state index contributed by atoms with van der Waals surface area (Å²) >= 11 is 0. The van der Waals surface area contributed by atoms with Crippen LogP contribution in [0.3, 0.4) is 0 Å². The van der Waals surface area contributed by atoms with E-state index in [1.54, 1.807) is 0 Å². The molecule has 27 heavy (non-hydrogen) atoms. The van der Waals surface area contributed by atoms with Crippen molar-refractivity contribution in [1.82, 2.24) is 0 Å². The van der Waals surface area contributed by atoms with Crippen LogP contribution in [0.1, 0.15) is 84.5 Å². The van der Waals surface area contributed by atoms with Gasteiger partial charge in [0.05, 0.1) is 5.60 Å². The van der Waals surface area contributed by atoms with Gasteiger partial charge in [-0.05, 0) is 98.7 Å². The molecule has 10 atom stereocenters. The largest absolute Gasteiger partial charge is 0.374 e. The molecule has 5 saturated carbocycles. The van der Waals surface area contributed by atoms with E-state index >= 15 is 0 Å². The first-order valence-corrected chi connectivity index (χ1v) is 12.3. The highest BCUT2D eigenvalue weighted by Gasteiger charge is 2.78. The summed E-state index contributed by atoms with van der Waals surface area (Å²) in [5.74, 6) is 7.69. The second kappa shape index (κ2) is 5.83. The molecule has 0 aromatic rings. The van der Waals surface area contributed by atoms with Crippen molar-refractivity contribution in [2.45, 2.75) is 90.1 Å². The van der Waals surface area contributed by atoms with Crippen molar-refractivity contribution in [3.8, 4) is 0 Å². The molecule has 0 radical (unpaired) electrons. The second-order valence-electron chi connectivity index (χ2n) is 11.3. The zero-order chi connectivity index (χ0) is 18.4. The van der Waals surface area contributed by atoms with Crippen LogP contribution in [0, 0.1) is 52.8 Å². The lowest BCUT2D eigenvalue weighted by molar-refractivity contribution is -0.178. The van der Waals surface area contributed by atoms with Crippen molar-refractivity contribution in [3.63, 3.8) is 0 Å². The van der Waals surface area contributed by atoms with Gasteiger partial charge in [0.15, 0.2) is 0 Å². The highest BCUT2D eigenvalue weighted by molar-refractivity contribution is 5.79. The summed E-state index contributed by atoms with van der Waals surface area (Å²) in [5, 5.41) is 0. The fourth-order valence-corrected chi connectivity index (χ4v) is 10.2. The van der Waals surface area contributed by atoms with Gasteiger partial charge in [-0.3, -0.25) is 4.79 Å². The van der Waals surface area contributed by atoms with Gasteiger partial charge < -0.3 is 4.74 Å². The van der Waals surface area contributed by atoms with Gasteiger partial charge in [-0.25, -0.2) is 0 Å². The first kappa shape index (κ1) is 17.5. The summed E-state index contributed by atoms with van der Waals surface area (Å²) in [4.78, 5) is 12.2. The molecule has 6 aliphatic rings. The van der Waals surface area contributed by atoms with Crippen LogP contribution in [0.4, 0.5) is 0 Å². The predicted molar refractivity (Wildman–Crippen MR) is 106 cm³/mol. The molecule has 0 aromatic heterocycles. The Morgan fingerprint density at radius 2 is 1.96 bits per heavy atom. The molecule has 0 N–H and O–H groups in total. The normalized spacial score (nSPS) is 58.5. The monoisotopic (exact) mass is 370 g/mol. The first-order valence-electron chi connectivity index (χ1n) is 12.3. The van der Waals surface area contributed by atoms with E-state index < -0.39 is 0 Å². The average Bonchev–Trinajstić information content (AvgIpc) is 3.26. The van der Waals surface area contributed by atoms with Gasteiger partial charge in [-0.15, -0.1) is 0 Å². The number of ether oxygens (including phenoxy) is 1. The quantitative estimate of drug-likeness (QED) is 0.629. The standard InChI is InChI=1S/C25H38O2/c1-3-15-12-16-13-17(26)6-7-18(16)19-8-10-24(4-2)23(22(15)19)20-14-21(20)25(24)9-5-11-27-25/h15-16,18-23H,3-14H2,1-2H3/t15-,16?,18?,19?,20+,21?,22?,23?,24?,25?/m0/s1. The molecule has 6 rings (SSSR count). The summed E-state index contributed by atoms with van der Waals surface area (Å²) in [6, 6.07) is 0. The number of ketones is 1. The smallest absolute Gasteiger partial charge is 0.133 e. The highest BCUT2D eigenvalue weighted by Crippen LogP contribution is 2.79. The summed E-state index contributed by atoms with van der Waals surface area (Å²) < 4.78 is 6.74. The Balaban J connectivity index is 1.40. The lowest BCUT2D eigenvalue weighted by atomic mass is 9.44. The van der Waals surface area contributed by atoms with Crippen molar-refractivity contribution in [1.29, 1.82) is 0 Å². The van der Waals surface area contributed by atoms with Crippen LogP contribution in [0.25, 0.3) is 0 Å². The van der Waals surface area contributed by atoms with Gasteiger partial charge in [0.2, 0.25) is 0 Å². The average molecular weight is 371 g/mol. The third-order valence-electron chi connectivity index (χ3n) is 11.0. The van der Waals surface area contributed by atoms with Gasteiger partial charge in [-0.2, -0.15) is 0 Å². The van der Waals surface area contributed by atoms with E-state index in [-0.39, 0.29) is 5.60 Å². The minimum absolute atomic E-state index is 0.264. The summed E-state index contributed by atoms with van der Waals surface area (Å²) in [6.07, 6.45) is 14.0. The zero-order valence-corrected chi connectivity index (χ0v) is 17.4. The van der Waals surface area contributed by atoms with E-state index in [0.717, 1.165) is 66.8 Å². The van der Waals surface area contributed by atoms with Crippen LogP contribution in [0.5, 0.6) is 0 Å². The molecular weight excluding hydrogens is 332 g/mol. The summed E-state index contributed by atoms with van der Waals surface area (Å²) in [7, 11) is 0. The van der Waals surface area contributed by atoms with Crippen LogP contribution in [-0.4, -0.2) is 18.0 Å². The van der Waals surface area contributed by atoms with Gasteiger partial charge in [0.1, 0.15) is 5.78 Å². The van der Waals surface area contributed by atoms with Crippen molar-refractivity contribution in [2.75, 3.05) is 6.61 Å². The van der Waals surface area contributed by atoms with Crippen molar-refractivity contribution in [2.24, 2.45) is 52.8 Å². The molecule has 1 aliphatic heterocycles. The predicted octanol–water partition coefficient (Wildman–Crippen LogP) is 5.64. The number of Topliss-reactive ketones (excluding diaryl/α,β-unsaturated/α-hetero) is 1. The Labute approximate surface area is 165 Å². The Morgan fingerprint density at radius 1 is 1.07 bits per heavy atom. The molecule has 5 aliphatic carbocycles. The van der Waals surface area contributed by atoms with Crippen LogP contribution in [-0.2, 0) is 9.53 Å². The van der Waals surface area contributed by atoms with E-state index in [4.69, 9.17) is 4.74 Å². The van der Waals surface area contributed by atoms with E-state index in [1.807, 2.05) is 0 Å². The number of carbonyl (C=O) groups is 1. The number of fused-ring (bicyclic) bond motifs is 9. The SMILES string of the molecule is CC[C@H]1CC2CC(=O)CCC2C2CCC3(CC)C(C21)[C@@H]1CC1C31CCCO1. The fourth-order valence-electron chi connectivity index (χ4n) is 10.2. The molecule has 1 spiro atoms. The summed E-state index contributed by atoms with van der Waals surface area (Å²) in [5.41, 5.74) is 0.753. The van der Waals surface area contributed by atoms with E-state index in [0.29, 0.717) is 11.2 Å². The molecule has 0 aromatic carbocycles. The maximum Gasteiger partial charge on any atom is 0.133 e. The van der Waals surface area contributed by atoms with E-state index in [2.05, 4.69) is 13.8 Å². The van der Waals surface area contributed by atoms with Gasteiger partial charge in [-0.1, -0.05) is 20.3 Å². The summed E-state index contributed by atoms with van der Waals surface area (Å²) in [6.45, 7) is 5.96. The van der Waals surface area contributed by atoms with Gasteiger partial charge >= 0.3 is 0 Å². The minimum Gasteiger partial charge on any atom is -0.374 e. The van der Waals surface area contributed by atoms with E-state index in [1.165, 1.54) is 57.8 Å². The Kier molecular flexibility index (Phi) is 3.78. The van der Waals surface area contributed by atoms with Crippen molar-refractivity contribution < 1.29 is 9.53 Å². The Morgan fingerprint density at radius 3 is 2.70 bits per heavy atom. The fraction of sp³-hybridized carbons (Fsp3) is 0.960. The van der Waals surface area contributed by atoms with Gasteiger partial charge in [0, 0.05) is 24.9 Å². The van der Waals surface area contributed by atoms with Crippen molar-refractivity contribution >= 4 is 5.78 Å². The Bertz CT molecular complexity index is 634. The number of hydrogen-bond acceptors (Lipinski definition) is 2. The zero-order valence-electron chi connectivity index (χ0n) is 17.4. The molecule has 1 heterocycles. The molecule has 6 fully saturated rings. The maximum absolute atomic E-state index is 12.2. The molecule has 0 amide bonds. The molecule has 8 unspecified atom stereocenters. The first-order chi connectivity index (χ1) is 13.1. The topological polar surface area (TPSA) is 26.3 Å². The molecular formula is C25H38O2. The second-order valence-corrected chi connectivity index (χ2v) is 11.3. The van der Waals surface area contributed by atoms with Crippen LogP contribution in [0.2, 0.25) is 0 Å². The van der Waals surface area contributed by atoms with Crippen LogP contribution < -0.4 is 0 Å². The third-order valence-corrected chi connectivity index (χ3v) is 11.0. The molecule has 0 bridgehead atoms. The molecule has 1 saturated heterocycles. The van der Waals surface area contributed by atoms with E-state index in [9.17, 15) is 4.79 Å². The number of hydrogen-bond donors (Lipinski definition) is 0. The molecule has 2 heteroatoms. The maximum atomic E-state index is 12.2. The Hall–Kier alpha value is -0.370. The number of carbonyl (C=O) groups excluding carboxylic acids is 1.